The SMILES string of the molecule is NC(=O)CCC(NC(=O)[C@@H]1CC[C@@H]2CCN(C(=O)CCCCCC#Cc3cccc4c3CN(C3CCC(=O)NC3=O)C4=O)C[C@H](NC(=O)c3cc4cc(C(=O)P(=O)(O)O)ccc4[nH]3)C(=O)N21)C(=O)NC(c1ccccc1)c1ccccc1. The second-order valence-electron chi connectivity index (χ2n) is 20.9. The molecule has 4 aliphatic heterocycles. The summed E-state index contributed by atoms with van der Waals surface area (Å²) in [5, 5.41) is 11.2. The van der Waals surface area contributed by atoms with E-state index < -0.39 is 84.8 Å². The lowest BCUT2D eigenvalue weighted by Gasteiger charge is -2.39. The molecular weight excluding hydrogens is 1070 g/mol. The molecule has 22 nitrogen and oxygen atoms in total. The van der Waals surface area contributed by atoms with Gasteiger partial charge in [-0.25, -0.2) is 0 Å². The largest absolute Gasteiger partial charge is 0.396 e. The van der Waals surface area contributed by atoms with Gasteiger partial charge >= 0.3 is 7.60 Å². The predicted molar refractivity (Wildman–Crippen MR) is 296 cm³/mol. The maximum Gasteiger partial charge on any atom is 0.396 e. The molecule has 0 spiro atoms. The maximum atomic E-state index is 15.0. The van der Waals surface area contributed by atoms with Crippen LogP contribution in [-0.2, 0) is 44.7 Å². The van der Waals surface area contributed by atoms with Crippen molar-refractivity contribution in [1.29, 1.82) is 0 Å². The molecule has 0 bridgehead atoms. The number of fused-ring (bicyclic) bond motifs is 3. The number of nitrogens with two attached hydrogens (primary N) is 1. The first-order valence-electron chi connectivity index (χ1n) is 27.2. The molecule has 5 heterocycles. The molecule has 9 N–H and O–H groups in total. The van der Waals surface area contributed by atoms with E-state index in [4.69, 9.17) is 5.73 Å². The van der Waals surface area contributed by atoms with Gasteiger partial charge in [-0.1, -0.05) is 85.0 Å². The number of carbonyl (C=O) groups is 10. The molecule has 3 fully saturated rings. The van der Waals surface area contributed by atoms with E-state index in [0.717, 1.165) is 11.1 Å². The lowest BCUT2D eigenvalue weighted by Crippen LogP contribution is -2.62. The van der Waals surface area contributed by atoms with Crippen LogP contribution < -0.4 is 27.0 Å². The summed E-state index contributed by atoms with van der Waals surface area (Å²) in [4.78, 5) is 161. The van der Waals surface area contributed by atoms with E-state index in [0.29, 0.717) is 54.3 Å². The van der Waals surface area contributed by atoms with Crippen molar-refractivity contribution in [2.24, 2.45) is 5.73 Å². The minimum absolute atomic E-state index is 0.0779. The lowest BCUT2D eigenvalue weighted by atomic mass is 9.98. The maximum absolute atomic E-state index is 15.0. The first kappa shape index (κ1) is 57.9. The van der Waals surface area contributed by atoms with Gasteiger partial charge in [-0.15, -0.1) is 0 Å². The molecule has 9 rings (SSSR count). The Balaban J connectivity index is 0.882. The van der Waals surface area contributed by atoms with Gasteiger partial charge in [0, 0.05) is 79.0 Å². The van der Waals surface area contributed by atoms with Gasteiger partial charge in [0.15, 0.2) is 0 Å². The topological polar surface area (TPSA) is 328 Å². The van der Waals surface area contributed by atoms with Crippen LogP contribution >= 0.6 is 7.60 Å². The highest BCUT2D eigenvalue weighted by Gasteiger charge is 2.46. The van der Waals surface area contributed by atoms with Crippen LogP contribution in [0.25, 0.3) is 10.9 Å². The molecule has 426 valence electrons. The standard InChI is InChI=1S/C59H62N9O13P/c60-49(69)27-24-44(53(72)65-52(36-14-7-4-8-15-36)37-16-9-5-10-17-37)62-56(75)48-25-22-40-29-30-66(34-46(58(77)68(40)48)63-54(73)45-32-39-31-38(21-23-43(39)61-45)59(78)82(79,80)81)51(71)20-11-3-1-2-6-13-35-18-12-19-41-42(35)33-67(57(41)76)47-26-28-50(70)64-55(47)74/h4-5,7-10,12,14-19,21,23,31-32,40,44,46-48,52,61H,1-3,11,20,22,24-30,33-34H2,(H2,60,69)(H,62,75)(H,63,73)(H,65,72)(H,64,70,74)(H2,79,80,81)/t40-,44?,46+,47?,48+/m1/s1. The molecule has 23 heteroatoms. The summed E-state index contributed by atoms with van der Waals surface area (Å²) in [7, 11) is -5.13. The van der Waals surface area contributed by atoms with Crippen LogP contribution in [0.3, 0.4) is 0 Å². The molecule has 4 aliphatic rings. The van der Waals surface area contributed by atoms with Crippen LogP contribution in [0.15, 0.2) is 103 Å². The zero-order valence-corrected chi connectivity index (χ0v) is 45.5. The summed E-state index contributed by atoms with van der Waals surface area (Å²) in [5.74, 6) is 1.47. The van der Waals surface area contributed by atoms with Gasteiger partial charge in [-0.05, 0) is 98.0 Å². The van der Waals surface area contributed by atoms with Crippen LogP contribution in [0.2, 0.25) is 0 Å². The average molecular weight is 1140 g/mol. The van der Waals surface area contributed by atoms with E-state index in [1.54, 1.807) is 12.1 Å². The number of nitrogens with zero attached hydrogens (tertiary/aromatic N) is 3. The van der Waals surface area contributed by atoms with Crippen molar-refractivity contribution in [2.45, 2.75) is 120 Å². The molecule has 0 saturated carbocycles. The Morgan fingerprint density at radius 3 is 2.23 bits per heavy atom. The number of rotatable bonds is 19. The summed E-state index contributed by atoms with van der Waals surface area (Å²) >= 11 is 0. The van der Waals surface area contributed by atoms with Crippen LogP contribution in [0.5, 0.6) is 0 Å². The van der Waals surface area contributed by atoms with Gasteiger partial charge in [0.25, 0.3) is 17.3 Å². The second kappa shape index (κ2) is 25.4. The number of benzene rings is 4. The highest BCUT2D eigenvalue weighted by atomic mass is 31.2. The Morgan fingerprint density at radius 1 is 0.805 bits per heavy atom. The summed E-state index contributed by atoms with van der Waals surface area (Å²) < 4.78 is 11.7. The fourth-order valence-electron chi connectivity index (χ4n) is 11.2. The Hall–Kier alpha value is -8.77. The minimum Gasteiger partial charge on any atom is -0.370 e. The number of primary amides is 1. The van der Waals surface area contributed by atoms with E-state index in [1.165, 1.54) is 39.0 Å². The molecular formula is C59H62N9O13P. The normalized spacial score (nSPS) is 19.3. The number of amides is 9. The zero-order chi connectivity index (χ0) is 58.2. The number of hydrogen-bond acceptors (Lipinski definition) is 11. The van der Waals surface area contributed by atoms with Gasteiger partial charge in [-0.3, -0.25) is 57.8 Å². The molecule has 1 aromatic heterocycles. The first-order chi connectivity index (χ1) is 39.3. The average Bonchev–Trinajstić information content (AvgIpc) is 4.10. The number of piperidine rings is 1. The summed E-state index contributed by atoms with van der Waals surface area (Å²) in [6, 6.07) is 23.0. The highest BCUT2D eigenvalue weighted by Crippen LogP contribution is 2.40. The van der Waals surface area contributed by atoms with Gasteiger partial charge in [0.05, 0.1) is 6.04 Å². The summed E-state index contributed by atoms with van der Waals surface area (Å²) in [6.07, 6.45) is 3.11. The third kappa shape index (κ3) is 13.3. The minimum atomic E-state index is -5.13. The molecule has 4 aromatic carbocycles. The van der Waals surface area contributed by atoms with Crippen molar-refractivity contribution in [2.75, 3.05) is 13.1 Å². The molecule has 5 atom stereocenters. The molecule has 2 unspecified atom stereocenters. The fraction of sp³-hybridized carbons (Fsp3) is 0.356. The molecule has 3 saturated heterocycles. The lowest BCUT2D eigenvalue weighted by molar-refractivity contribution is -0.145. The summed E-state index contributed by atoms with van der Waals surface area (Å²) in [5.41, 5.74) is 7.47. The van der Waals surface area contributed by atoms with Crippen LogP contribution in [0.4, 0.5) is 0 Å². The van der Waals surface area contributed by atoms with Crippen LogP contribution in [0.1, 0.15) is 137 Å². The van der Waals surface area contributed by atoms with Gasteiger partial charge in [-0.2, -0.15) is 0 Å². The Kier molecular flexibility index (Phi) is 17.9. The monoisotopic (exact) mass is 1140 g/mol. The van der Waals surface area contributed by atoms with E-state index in [9.17, 15) is 57.5 Å². The van der Waals surface area contributed by atoms with Crippen molar-refractivity contribution in [3.8, 4) is 11.8 Å². The second-order valence-corrected chi connectivity index (χ2v) is 22.4. The zero-order valence-electron chi connectivity index (χ0n) is 44.6. The van der Waals surface area contributed by atoms with Crippen molar-refractivity contribution < 1.29 is 62.3 Å². The molecule has 0 aliphatic carbocycles. The van der Waals surface area contributed by atoms with Crippen molar-refractivity contribution in [1.82, 2.24) is 41.0 Å². The number of carbonyl (C=O) groups excluding carboxylic acids is 10. The van der Waals surface area contributed by atoms with E-state index in [2.05, 4.69) is 38.1 Å². The van der Waals surface area contributed by atoms with Crippen LogP contribution in [-0.4, -0.2) is 131 Å². The molecule has 82 heavy (non-hydrogen) atoms. The number of aromatic amines is 1. The summed E-state index contributed by atoms with van der Waals surface area (Å²) in [6.45, 7) is 0.0809. The van der Waals surface area contributed by atoms with Crippen LogP contribution in [0, 0.1) is 11.8 Å². The van der Waals surface area contributed by atoms with E-state index in [-0.39, 0.29) is 98.9 Å². The quantitative estimate of drug-likeness (QED) is 0.0254. The predicted octanol–water partition coefficient (Wildman–Crippen LogP) is 3.60. The van der Waals surface area contributed by atoms with Gasteiger partial charge < -0.3 is 51.2 Å². The molecule has 9 amide bonds. The number of aromatic nitrogens is 1. The Bertz CT molecular complexity index is 3420. The fourth-order valence-corrected chi connectivity index (χ4v) is 11.6. The number of hydrogen-bond donors (Lipinski definition) is 8. The number of imide groups is 1. The van der Waals surface area contributed by atoms with E-state index >= 15 is 4.79 Å². The number of nitrogens with one attached hydrogen (secondary N) is 5. The van der Waals surface area contributed by atoms with Crippen molar-refractivity contribution in [3.63, 3.8) is 0 Å². The Morgan fingerprint density at radius 2 is 1.54 bits per heavy atom. The smallest absolute Gasteiger partial charge is 0.370 e. The van der Waals surface area contributed by atoms with Gasteiger partial charge in [0.2, 0.25) is 41.4 Å². The molecule has 5 aromatic rings. The number of H-pyrrole nitrogens is 1. The number of unbranched alkanes of at least 4 members (excludes halogenated alkanes) is 3. The van der Waals surface area contributed by atoms with Crippen molar-refractivity contribution >= 4 is 77.2 Å². The highest BCUT2D eigenvalue weighted by molar-refractivity contribution is 7.70. The first-order valence-corrected chi connectivity index (χ1v) is 28.8. The third-order valence-corrected chi connectivity index (χ3v) is 16.2. The third-order valence-electron chi connectivity index (χ3n) is 15.4. The van der Waals surface area contributed by atoms with Crippen molar-refractivity contribution in [3.05, 3.63) is 142 Å². The molecule has 0 radical (unpaired) electrons. The van der Waals surface area contributed by atoms with Gasteiger partial charge in [0.1, 0.15) is 29.9 Å². The Labute approximate surface area is 471 Å². The van der Waals surface area contributed by atoms with E-state index in [1.807, 2.05) is 66.7 Å².